The predicted molar refractivity (Wildman–Crippen MR) is 112 cm³/mol. The van der Waals surface area contributed by atoms with Gasteiger partial charge in [0.2, 0.25) is 0 Å². The van der Waals surface area contributed by atoms with Crippen LogP contribution in [0.4, 0.5) is 0 Å². The molecule has 0 unspecified atom stereocenters. The molecule has 0 amide bonds. The van der Waals surface area contributed by atoms with Gasteiger partial charge in [-0.05, 0) is 43.9 Å². The van der Waals surface area contributed by atoms with Crippen LogP contribution in [-0.2, 0) is 0 Å². The zero-order chi connectivity index (χ0) is 17.6. The fourth-order valence-electron chi connectivity index (χ4n) is 4.00. The highest BCUT2D eigenvalue weighted by Crippen LogP contribution is 2.32. The smallest absolute Gasteiger partial charge is 0.0805 e. The summed E-state index contributed by atoms with van der Waals surface area (Å²) in [6.07, 6.45) is 4.02. The summed E-state index contributed by atoms with van der Waals surface area (Å²) in [6, 6.07) is 20.5. The summed E-state index contributed by atoms with van der Waals surface area (Å²) in [4.78, 5) is 2.38. The molecule has 0 saturated carbocycles. The van der Waals surface area contributed by atoms with Crippen LogP contribution in [0.2, 0.25) is 0 Å². The van der Waals surface area contributed by atoms with Crippen molar-refractivity contribution >= 4 is 17.0 Å². The van der Waals surface area contributed by atoms with Crippen LogP contribution in [0, 0.1) is 0 Å². The topological polar surface area (TPSA) is 43.7 Å². The number of aliphatic hydroxyl groups is 2. The molecular formula is C22H30BrNO2. The standard InChI is InChI=1S/C22H29NO2.BrH/c1-23-19(15-21(24)17-9-4-2-5-10-17)13-8-14-20(23)16-22(25)18-11-6-3-7-12-18;/h2-7,9-12,19-22,24-25H,8,13-16H2,1H3;1H/t19-,20+,21-,22+;. The van der Waals surface area contributed by atoms with E-state index in [1.807, 2.05) is 60.7 Å². The molecule has 1 fully saturated rings. The first kappa shape index (κ1) is 21.1. The maximum absolute atomic E-state index is 10.6. The molecule has 0 aliphatic carbocycles. The van der Waals surface area contributed by atoms with Crippen molar-refractivity contribution in [2.75, 3.05) is 7.05 Å². The number of rotatable bonds is 6. The molecule has 4 heteroatoms. The largest absolute Gasteiger partial charge is 0.388 e. The van der Waals surface area contributed by atoms with Gasteiger partial charge in [-0.15, -0.1) is 17.0 Å². The van der Waals surface area contributed by atoms with E-state index < -0.39 is 12.2 Å². The highest BCUT2D eigenvalue weighted by molar-refractivity contribution is 8.93. The first-order valence-electron chi connectivity index (χ1n) is 9.33. The van der Waals surface area contributed by atoms with Gasteiger partial charge in [-0.1, -0.05) is 67.1 Å². The predicted octanol–water partition coefficient (Wildman–Crippen LogP) is 4.66. The highest BCUT2D eigenvalue weighted by atomic mass is 79.9. The van der Waals surface area contributed by atoms with Gasteiger partial charge in [-0.2, -0.15) is 0 Å². The van der Waals surface area contributed by atoms with E-state index in [0.29, 0.717) is 12.1 Å². The van der Waals surface area contributed by atoms with Crippen LogP contribution < -0.4 is 0 Å². The van der Waals surface area contributed by atoms with Crippen molar-refractivity contribution in [3.05, 3.63) is 71.8 Å². The minimum atomic E-state index is -0.425. The average Bonchev–Trinajstić information content (AvgIpc) is 2.66. The minimum Gasteiger partial charge on any atom is -0.388 e. The first-order chi connectivity index (χ1) is 12.1. The monoisotopic (exact) mass is 419 g/mol. The van der Waals surface area contributed by atoms with Crippen LogP contribution in [-0.4, -0.2) is 34.2 Å². The van der Waals surface area contributed by atoms with Crippen LogP contribution in [0.3, 0.4) is 0 Å². The lowest BCUT2D eigenvalue weighted by Gasteiger charge is -2.41. The first-order valence-corrected chi connectivity index (χ1v) is 9.33. The number of hydrogen-bond acceptors (Lipinski definition) is 3. The summed E-state index contributed by atoms with van der Waals surface area (Å²) >= 11 is 0. The summed E-state index contributed by atoms with van der Waals surface area (Å²) in [5.74, 6) is 0. The SMILES string of the molecule is Br.CN1[C@@H](C[C@@H](O)c2ccccc2)CCC[C@H]1C[C@H](O)c1ccccc1. The van der Waals surface area contributed by atoms with E-state index >= 15 is 0 Å². The molecule has 1 aliphatic heterocycles. The van der Waals surface area contributed by atoms with Gasteiger partial charge in [0.15, 0.2) is 0 Å². The molecule has 1 aliphatic rings. The molecule has 3 nitrogen and oxygen atoms in total. The third kappa shape index (κ3) is 5.40. The molecule has 0 aromatic heterocycles. The van der Waals surface area contributed by atoms with E-state index in [9.17, 15) is 10.2 Å². The molecule has 142 valence electrons. The van der Waals surface area contributed by atoms with Gasteiger partial charge in [0.05, 0.1) is 12.2 Å². The molecule has 2 aromatic carbocycles. The van der Waals surface area contributed by atoms with Crippen molar-refractivity contribution in [3.63, 3.8) is 0 Å². The van der Waals surface area contributed by atoms with Crippen LogP contribution in [0.15, 0.2) is 60.7 Å². The van der Waals surface area contributed by atoms with Crippen molar-refractivity contribution in [3.8, 4) is 0 Å². The summed E-state index contributed by atoms with van der Waals surface area (Å²) < 4.78 is 0. The molecule has 3 rings (SSSR count). The normalized spacial score (nSPS) is 23.0. The average molecular weight is 420 g/mol. The van der Waals surface area contributed by atoms with Gasteiger partial charge in [0.25, 0.3) is 0 Å². The molecular weight excluding hydrogens is 390 g/mol. The Kier molecular flexibility index (Phi) is 8.29. The molecule has 4 atom stereocenters. The van der Waals surface area contributed by atoms with Crippen molar-refractivity contribution in [1.82, 2.24) is 4.90 Å². The molecule has 1 saturated heterocycles. The fourth-order valence-corrected chi connectivity index (χ4v) is 4.00. The van der Waals surface area contributed by atoms with Crippen LogP contribution in [0.1, 0.15) is 55.4 Å². The summed E-state index contributed by atoms with van der Waals surface area (Å²) in [5.41, 5.74) is 1.98. The maximum atomic E-state index is 10.6. The zero-order valence-electron chi connectivity index (χ0n) is 15.4. The van der Waals surface area contributed by atoms with Gasteiger partial charge in [-0.3, -0.25) is 0 Å². The van der Waals surface area contributed by atoms with E-state index in [1.54, 1.807) is 0 Å². The Morgan fingerprint density at radius 3 is 1.58 bits per heavy atom. The third-order valence-electron chi connectivity index (χ3n) is 5.59. The molecule has 26 heavy (non-hydrogen) atoms. The zero-order valence-corrected chi connectivity index (χ0v) is 17.1. The number of likely N-dealkylation sites (tertiary alicyclic amines) is 1. The Morgan fingerprint density at radius 1 is 0.808 bits per heavy atom. The van der Waals surface area contributed by atoms with Gasteiger partial charge in [0.1, 0.15) is 0 Å². The van der Waals surface area contributed by atoms with Crippen molar-refractivity contribution < 1.29 is 10.2 Å². The van der Waals surface area contributed by atoms with Crippen molar-refractivity contribution in [2.45, 2.75) is 56.4 Å². The van der Waals surface area contributed by atoms with Crippen molar-refractivity contribution in [2.24, 2.45) is 0 Å². The second kappa shape index (κ2) is 10.2. The molecule has 0 bridgehead atoms. The van der Waals surface area contributed by atoms with Gasteiger partial charge >= 0.3 is 0 Å². The Hall–Kier alpha value is -1.20. The molecule has 0 spiro atoms. The number of hydrogen-bond donors (Lipinski definition) is 2. The van der Waals surface area contributed by atoms with Crippen LogP contribution in [0.5, 0.6) is 0 Å². The van der Waals surface area contributed by atoms with Crippen molar-refractivity contribution in [1.29, 1.82) is 0 Å². The fraction of sp³-hybridized carbons (Fsp3) is 0.455. The summed E-state index contributed by atoms with van der Waals surface area (Å²) in [5, 5.41) is 21.1. The Bertz CT molecular complexity index is 582. The van der Waals surface area contributed by atoms with E-state index in [2.05, 4.69) is 11.9 Å². The lowest BCUT2D eigenvalue weighted by atomic mass is 9.88. The van der Waals surface area contributed by atoms with Gasteiger partial charge in [0, 0.05) is 12.1 Å². The van der Waals surface area contributed by atoms with E-state index in [0.717, 1.165) is 43.2 Å². The number of benzene rings is 2. The lowest BCUT2D eigenvalue weighted by Crippen LogP contribution is -2.45. The number of aliphatic hydroxyl groups excluding tert-OH is 2. The quantitative estimate of drug-likeness (QED) is 0.714. The van der Waals surface area contributed by atoms with Crippen LogP contribution >= 0.6 is 17.0 Å². The Balaban J connectivity index is 0.00000243. The lowest BCUT2D eigenvalue weighted by molar-refractivity contribution is 0.0350. The van der Waals surface area contributed by atoms with E-state index in [-0.39, 0.29) is 17.0 Å². The molecule has 0 radical (unpaired) electrons. The van der Waals surface area contributed by atoms with Crippen LogP contribution in [0.25, 0.3) is 0 Å². The van der Waals surface area contributed by atoms with Gasteiger partial charge < -0.3 is 15.1 Å². The molecule has 2 aromatic rings. The highest BCUT2D eigenvalue weighted by Gasteiger charge is 2.30. The Labute approximate surface area is 167 Å². The Morgan fingerprint density at radius 2 is 1.19 bits per heavy atom. The maximum Gasteiger partial charge on any atom is 0.0805 e. The third-order valence-corrected chi connectivity index (χ3v) is 5.59. The number of nitrogens with zero attached hydrogens (tertiary/aromatic N) is 1. The summed E-state index contributed by atoms with van der Waals surface area (Å²) in [7, 11) is 2.14. The van der Waals surface area contributed by atoms with E-state index in [4.69, 9.17) is 0 Å². The second-order valence-corrected chi connectivity index (χ2v) is 7.23. The number of halogens is 1. The minimum absolute atomic E-state index is 0. The molecule has 1 heterocycles. The van der Waals surface area contributed by atoms with Gasteiger partial charge in [-0.25, -0.2) is 0 Å². The second-order valence-electron chi connectivity index (χ2n) is 7.23. The summed E-state index contributed by atoms with van der Waals surface area (Å²) in [6.45, 7) is 0. The van der Waals surface area contributed by atoms with E-state index in [1.165, 1.54) is 0 Å². The number of piperidine rings is 1. The molecule has 2 N–H and O–H groups in total.